The van der Waals surface area contributed by atoms with E-state index in [0.717, 1.165) is 23.4 Å². The van der Waals surface area contributed by atoms with Crippen LogP contribution in [0.3, 0.4) is 0 Å². The maximum absolute atomic E-state index is 13.2. The second-order valence-electron chi connectivity index (χ2n) is 7.61. The minimum Gasteiger partial charge on any atom is -0.325 e. The summed E-state index contributed by atoms with van der Waals surface area (Å²) in [6, 6.07) is 11.4. The number of carbonyl (C=O) groups excluding carboxylic acids is 2. The number of hydrogen-bond donors (Lipinski definition) is 1. The van der Waals surface area contributed by atoms with Crippen molar-refractivity contribution in [3.8, 4) is 0 Å². The van der Waals surface area contributed by atoms with E-state index in [9.17, 15) is 22.8 Å². The monoisotopic (exact) mass is 460 g/mol. The molecule has 0 bridgehead atoms. The third kappa shape index (κ3) is 4.14. The van der Waals surface area contributed by atoms with Gasteiger partial charge in [-0.25, -0.2) is 9.89 Å². The third-order valence-electron chi connectivity index (χ3n) is 4.97. The smallest absolute Gasteiger partial charge is 0.325 e. The highest BCUT2D eigenvalue weighted by Gasteiger charge is 2.42. The summed E-state index contributed by atoms with van der Waals surface area (Å²) in [5, 5.41) is 2.58. The third-order valence-corrected chi connectivity index (χ3v) is 5.91. The second-order valence-corrected chi connectivity index (χ2v) is 8.55. The van der Waals surface area contributed by atoms with E-state index < -0.39 is 23.7 Å². The van der Waals surface area contributed by atoms with Crippen molar-refractivity contribution < 1.29 is 22.8 Å². The predicted molar refractivity (Wildman–Crippen MR) is 118 cm³/mol. The van der Waals surface area contributed by atoms with Gasteiger partial charge in [-0.15, -0.1) is 0 Å². The molecule has 0 spiro atoms. The molecular weight excluding hydrogens is 441 g/mol. The minimum atomic E-state index is -4.59. The second kappa shape index (κ2) is 8.42. The van der Waals surface area contributed by atoms with Crippen LogP contribution in [0.1, 0.15) is 25.0 Å². The van der Waals surface area contributed by atoms with Crippen LogP contribution in [0, 0.1) is 5.92 Å². The number of carbonyl (C=O) groups is 2. The standard InChI is InChI=1S/C22H19F3N4O2S/c1-12(2)18-20(31)29-19(28-18)13-7-3-5-9-15(13)27-21(29)32-11-17(30)26-16-10-6-4-8-14(16)22(23,24)25/h3-10,12,18H,11H2,1-2H3,(H,26,30). The number of fused-ring (bicyclic) bond motifs is 3. The molecule has 166 valence electrons. The van der Waals surface area contributed by atoms with E-state index >= 15 is 0 Å². The number of thioether (sulfide) groups is 1. The zero-order chi connectivity index (χ0) is 23.0. The van der Waals surface area contributed by atoms with Crippen LogP contribution in [0.2, 0.25) is 0 Å². The molecule has 2 aromatic rings. The highest BCUT2D eigenvalue weighted by Crippen LogP contribution is 2.36. The average Bonchev–Trinajstić information content (AvgIpc) is 3.10. The topological polar surface area (TPSA) is 74.1 Å². The van der Waals surface area contributed by atoms with Crippen LogP contribution in [-0.2, 0) is 15.8 Å². The number of para-hydroxylation sites is 2. The lowest BCUT2D eigenvalue weighted by molar-refractivity contribution is -0.137. The first-order chi connectivity index (χ1) is 15.2. The van der Waals surface area contributed by atoms with E-state index in [1.807, 2.05) is 26.0 Å². The van der Waals surface area contributed by atoms with Crippen molar-refractivity contribution in [2.45, 2.75) is 26.1 Å². The SMILES string of the molecule is CC(C)C1N=C2c3ccccc3N=C(SCC(=O)Nc3ccccc3C(F)(F)F)N2C1=O. The quantitative estimate of drug-likeness (QED) is 0.719. The fourth-order valence-corrected chi connectivity index (χ4v) is 4.26. The van der Waals surface area contributed by atoms with Crippen LogP contribution in [-0.4, -0.2) is 39.5 Å². The first kappa shape index (κ1) is 22.1. The van der Waals surface area contributed by atoms with Gasteiger partial charge in [0.2, 0.25) is 5.91 Å². The zero-order valence-electron chi connectivity index (χ0n) is 17.2. The number of amidine groups is 2. The number of benzene rings is 2. The molecule has 1 atom stereocenters. The van der Waals surface area contributed by atoms with Gasteiger partial charge < -0.3 is 5.32 Å². The number of amides is 2. The molecule has 0 saturated carbocycles. The van der Waals surface area contributed by atoms with Gasteiger partial charge in [0.1, 0.15) is 11.9 Å². The van der Waals surface area contributed by atoms with E-state index in [-0.39, 0.29) is 28.4 Å². The van der Waals surface area contributed by atoms with Gasteiger partial charge in [-0.3, -0.25) is 14.6 Å². The molecule has 0 aliphatic carbocycles. The van der Waals surface area contributed by atoms with Gasteiger partial charge in [-0.2, -0.15) is 13.2 Å². The van der Waals surface area contributed by atoms with E-state index in [4.69, 9.17) is 0 Å². The molecule has 1 N–H and O–H groups in total. The molecule has 6 nitrogen and oxygen atoms in total. The Balaban J connectivity index is 1.55. The Labute approximate surface area is 186 Å². The molecule has 32 heavy (non-hydrogen) atoms. The van der Waals surface area contributed by atoms with Crippen molar-refractivity contribution in [2.24, 2.45) is 15.9 Å². The molecule has 0 aromatic heterocycles. The number of nitrogens with one attached hydrogen (secondary N) is 1. The number of rotatable bonds is 4. The summed E-state index contributed by atoms with van der Waals surface area (Å²) >= 11 is 0.977. The van der Waals surface area contributed by atoms with Crippen LogP contribution < -0.4 is 5.32 Å². The molecular formula is C22H19F3N4O2S. The van der Waals surface area contributed by atoms with Crippen LogP contribution in [0.5, 0.6) is 0 Å². The van der Waals surface area contributed by atoms with Gasteiger partial charge in [-0.1, -0.05) is 49.9 Å². The van der Waals surface area contributed by atoms with Gasteiger partial charge in [-0.05, 0) is 30.2 Å². The number of anilines is 1. The Morgan fingerprint density at radius 1 is 1.16 bits per heavy atom. The van der Waals surface area contributed by atoms with Crippen molar-refractivity contribution >= 4 is 46.0 Å². The van der Waals surface area contributed by atoms with Crippen LogP contribution in [0.15, 0.2) is 58.5 Å². The molecule has 0 radical (unpaired) electrons. The average molecular weight is 460 g/mol. The van der Waals surface area contributed by atoms with Crippen molar-refractivity contribution in [1.82, 2.24) is 4.90 Å². The van der Waals surface area contributed by atoms with Gasteiger partial charge in [0.05, 0.1) is 22.7 Å². The Bertz CT molecular complexity index is 1140. The number of alkyl halides is 3. The zero-order valence-corrected chi connectivity index (χ0v) is 18.0. The molecule has 1 unspecified atom stereocenters. The maximum atomic E-state index is 13.2. The first-order valence-electron chi connectivity index (χ1n) is 9.85. The van der Waals surface area contributed by atoms with Gasteiger partial charge >= 0.3 is 6.18 Å². The van der Waals surface area contributed by atoms with E-state index in [0.29, 0.717) is 11.5 Å². The molecule has 2 aliphatic rings. The highest BCUT2D eigenvalue weighted by molar-refractivity contribution is 8.14. The summed E-state index contributed by atoms with van der Waals surface area (Å²) in [5.74, 6) is -0.653. The fourth-order valence-electron chi connectivity index (χ4n) is 3.46. The van der Waals surface area contributed by atoms with Crippen molar-refractivity contribution in [2.75, 3.05) is 11.1 Å². The Hall–Kier alpha value is -3.14. The normalized spacial score (nSPS) is 17.6. The lowest BCUT2D eigenvalue weighted by Gasteiger charge is -2.25. The number of hydrogen-bond acceptors (Lipinski definition) is 5. The van der Waals surface area contributed by atoms with Crippen LogP contribution in [0.25, 0.3) is 0 Å². The lowest BCUT2D eigenvalue weighted by Crippen LogP contribution is -2.42. The number of halogens is 3. The molecule has 2 aliphatic heterocycles. The molecule has 4 rings (SSSR count). The summed E-state index contributed by atoms with van der Waals surface area (Å²) < 4.78 is 39.5. The summed E-state index contributed by atoms with van der Waals surface area (Å²) in [4.78, 5) is 35.9. The fraction of sp³-hybridized carbons (Fsp3) is 0.273. The van der Waals surface area contributed by atoms with Crippen LogP contribution in [0.4, 0.5) is 24.5 Å². The maximum Gasteiger partial charge on any atom is 0.418 e. The molecule has 2 heterocycles. The first-order valence-corrected chi connectivity index (χ1v) is 10.8. The summed E-state index contributed by atoms with van der Waals surface area (Å²) in [5.41, 5.74) is 0.0917. The summed E-state index contributed by atoms with van der Waals surface area (Å²) in [6.07, 6.45) is -4.59. The van der Waals surface area contributed by atoms with Crippen molar-refractivity contribution in [3.63, 3.8) is 0 Å². The number of nitrogens with zero attached hydrogens (tertiary/aromatic N) is 3. The van der Waals surface area contributed by atoms with E-state index in [1.165, 1.54) is 23.1 Å². The predicted octanol–water partition coefficient (Wildman–Crippen LogP) is 4.69. The van der Waals surface area contributed by atoms with Gasteiger partial charge in [0.25, 0.3) is 5.91 Å². The lowest BCUT2D eigenvalue weighted by atomic mass is 10.1. The van der Waals surface area contributed by atoms with Gasteiger partial charge in [0.15, 0.2) is 5.17 Å². The molecule has 0 saturated heterocycles. The van der Waals surface area contributed by atoms with Crippen molar-refractivity contribution in [3.05, 3.63) is 59.7 Å². The molecule has 2 amide bonds. The summed E-state index contributed by atoms with van der Waals surface area (Å²) in [6.45, 7) is 3.79. The highest BCUT2D eigenvalue weighted by atomic mass is 32.2. The van der Waals surface area contributed by atoms with E-state index in [1.54, 1.807) is 12.1 Å². The largest absolute Gasteiger partial charge is 0.418 e. The molecule has 2 aromatic carbocycles. The number of aliphatic imine (C=N–C) groups is 2. The van der Waals surface area contributed by atoms with Crippen molar-refractivity contribution in [1.29, 1.82) is 0 Å². The Morgan fingerprint density at radius 3 is 2.56 bits per heavy atom. The van der Waals surface area contributed by atoms with Gasteiger partial charge in [0, 0.05) is 5.56 Å². The Kier molecular flexibility index (Phi) is 5.81. The van der Waals surface area contributed by atoms with Crippen LogP contribution >= 0.6 is 11.8 Å². The molecule has 0 fully saturated rings. The minimum absolute atomic E-state index is 0.0267. The summed E-state index contributed by atoms with van der Waals surface area (Å²) in [7, 11) is 0. The van der Waals surface area contributed by atoms with E-state index in [2.05, 4.69) is 15.3 Å². The Morgan fingerprint density at radius 2 is 1.84 bits per heavy atom. The molecule has 10 heteroatoms.